The fraction of sp³-hybridized carbons (Fsp3) is 0.571. The third kappa shape index (κ3) is 4.23. The average Bonchev–Trinajstić information content (AvgIpc) is 2.27. The SMILES string of the molecule is COCC(C)CNc1ccc(C(C)C)cc1. The van der Waals surface area contributed by atoms with E-state index in [1.165, 1.54) is 11.3 Å². The van der Waals surface area contributed by atoms with Gasteiger partial charge in [0.15, 0.2) is 0 Å². The molecule has 1 aromatic rings. The van der Waals surface area contributed by atoms with E-state index in [1.54, 1.807) is 7.11 Å². The second kappa shape index (κ2) is 6.54. The molecule has 90 valence electrons. The summed E-state index contributed by atoms with van der Waals surface area (Å²) >= 11 is 0. The molecule has 0 aliphatic heterocycles. The Hall–Kier alpha value is -1.02. The Bertz CT molecular complexity index is 292. The van der Waals surface area contributed by atoms with Crippen molar-refractivity contribution in [2.24, 2.45) is 5.92 Å². The first-order valence-corrected chi connectivity index (χ1v) is 5.96. The fourth-order valence-corrected chi connectivity index (χ4v) is 1.62. The minimum atomic E-state index is 0.537. The summed E-state index contributed by atoms with van der Waals surface area (Å²) in [4.78, 5) is 0. The summed E-state index contributed by atoms with van der Waals surface area (Å²) in [6, 6.07) is 8.67. The van der Waals surface area contributed by atoms with Crippen molar-refractivity contribution >= 4 is 5.69 Å². The summed E-state index contributed by atoms with van der Waals surface area (Å²) in [5.74, 6) is 1.14. The molecule has 0 fully saturated rings. The van der Waals surface area contributed by atoms with Gasteiger partial charge in [0, 0.05) is 19.3 Å². The first kappa shape index (κ1) is 13.0. The molecule has 0 saturated carbocycles. The number of benzene rings is 1. The maximum absolute atomic E-state index is 5.10. The molecule has 1 atom stereocenters. The molecule has 0 bridgehead atoms. The fourth-order valence-electron chi connectivity index (χ4n) is 1.62. The van der Waals surface area contributed by atoms with Gasteiger partial charge in [0.2, 0.25) is 0 Å². The summed E-state index contributed by atoms with van der Waals surface area (Å²) in [7, 11) is 1.74. The Balaban J connectivity index is 2.43. The van der Waals surface area contributed by atoms with Crippen LogP contribution in [0.3, 0.4) is 0 Å². The smallest absolute Gasteiger partial charge is 0.0504 e. The molecule has 0 heterocycles. The van der Waals surface area contributed by atoms with E-state index in [1.807, 2.05) is 0 Å². The van der Waals surface area contributed by atoms with E-state index in [-0.39, 0.29) is 0 Å². The highest BCUT2D eigenvalue weighted by molar-refractivity contribution is 5.45. The van der Waals surface area contributed by atoms with Gasteiger partial charge in [-0.3, -0.25) is 0 Å². The molecule has 0 aliphatic rings. The molecule has 1 N–H and O–H groups in total. The number of methoxy groups -OCH3 is 1. The third-order valence-electron chi connectivity index (χ3n) is 2.68. The molecule has 1 unspecified atom stereocenters. The Labute approximate surface area is 99.0 Å². The van der Waals surface area contributed by atoms with E-state index >= 15 is 0 Å². The first-order chi connectivity index (χ1) is 7.63. The molecular weight excluding hydrogens is 198 g/mol. The minimum absolute atomic E-state index is 0.537. The van der Waals surface area contributed by atoms with E-state index in [4.69, 9.17) is 4.74 Å². The third-order valence-corrected chi connectivity index (χ3v) is 2.68. The van der Waals surface area contributed by atoms with Crippen molar-refractivity contribution in [3.8, 4) is 0 Å². The first-order valence-electron chi connectivity index (χ1n) is 5.96. The van der Waals surface area contributed by atoms with Gasteiger partial charge in [0.05, 0.1) is 6.61 Å². The second-order valence-corrected chi connectivity index (χ2v) is 4.72. The summed E-state index contributed by atoms with van der Waals surface area (Å²) in [6.45, 7) is 8.36. The molecule has 2 nitrogen and oxygen atoms in total. The van der Waals surface area contributed by atoms with Crippen molar-refractivity contribution in [3.05, 3.63) is 29.8 Å². The lowest BCUT2D eigenvalue weighted by Crippen LogP contribution is -2.15. The minimum Gasteiger partial charge on any atom is -0.385 e. The highest BCUT2D eigenvalue weighted by Crippen LogP contribution is 2.17. The van der Waals surface area contributed by atoms with Gasteiger partial charge in [-0.15, -0.1) is 0 Å². The van der Waals surface area contributed by atoms with Crippen LogP contribution in [-0.4, -0.2) is 20.3 Å². The second-order valence-electron chi connectivity index (χ2n) is 4.72. The standard InChI is InChI=1S/C14H23NO/c1-11(2)13-5-7-14(8-6-13)15-9-12(3)10-16-4/h5-8,11-12,15H,9-10H2,1-4H3. The van der Waals surface area contributed by atoms with Crippen LogP contribution in [0.5, 0.6) is 0 Å². The van der Waals surface area contributed by atoms with Crippen LogP contribution in [0.25, 0.3) is 0 Å². The van der Waals surface area contributed by atoms with Crippen molar-refractivity contribution in [3.63, 3.8) is 0 Å². The van der Waals surface area contributed by atoms with E-state index in [2.05, 4.69) is 50.4 Å². The molecule has 0 saturated heterocycles. The van der Waals surface area contributed by atoms with Crippen LogP contribution in [0.2, 0.25) is 0 Å². The van der Waals surface area contributed by atoms with Crippen molar-refractivity contribution in [2.45, 2.75) is 26.7 Å². The molecule has 16 heavy (non-hydrogen) atoms. The van der Waals surface area contributed by atoms with Gasteiger partial charge in [-0.05, 0) is 29.5 Å². The Kier molecular flexibility index (Phi) is 5.33. The van der Waals surface area contributed by atoms with Gasteiger partial charge in [-0.2, -0.15) is 0 Å². The van der Waals surface area contributed by atoms with Crippen LogP contribution < -0.4 is 5.32 Å². The number of hydrogen-bond donors (Lipinski definition) is 1. The maximum Gasteiger partial charge on any atom is 0.0504 e. The van der Waals surface area contributed by atoms with Crippen LogP contribution >= 0.6 is 0 Å². The largest absolute Gasteiger partial charge is 0.385 e. The van der Waals surface area contributed by atoms with E-state index in [0.29, 0.717) is 11.8 Å². The maximum atomic E-state index is 5.10. The van der Waals surface area contributed by atoms with Gasteiger partial charge >= 0.3 is 0 Å². The summed E-state index contributed by atoms with van der Waals surface area (Å²) < 4.78 is 5.10. The summed E-state index contributed by atoms with van der Waals surface area (Å²) in [5, 5.41) is 3.42. The van der Waals surface area contributed by atoms with Crippen LogP contribution in [0.15, 0.2) is 24.3 Å². The highest BCUT2D eigenvalue weighted by Gasteiger charge is 2.02. The molecule has 0 spiro atoms. The normalized spacial score (nSPS) is 12.8. The van der Waals surface area contributed by atoms with Gasteiger partial charge in [0.25, 0.3) is 0 Å². The Morgan fingerprint density at radius 1 is 1.12 bits per heavy atom. The predicted octanol–water partition coefficient (Wildman–Crippen LogP) is 3.50. The van der Waals surface area contributed by atoms with Gasteiger partial charge in [-0.25, -0.2) is 0 Å². The Morgan fingerprint density at radius 3 is 2.25 bits per heavy atom. The average molecular weight is 221 g/mol. The molecular formula is C14H23NO. The summed E-state index contributed by atoms with van der Waals surface area (Å²) in [5.41, 5.74) is 2.57. The lowest BCUT2D eigenvalue weighted by Gasteiger charge is -2.13. The van der Waals surface area contributed by atoms with Gasteiger partial charge in [-0.1, -0.05) is 32.9 Å². The molecule has 1 rings (SSSR count). The van der Waals surface area contributed by atoms with Gasteiger partial charge < -0.3 is 10.1 Å². The number of ether oxygens (including phenoxy) is 1. The van der Waals surface area contributed by atoms with Crippen LogP contribution in [0, 0.1) is 5.92 Å². The number of anilines is 1. The number of nitrogens with one attached hydrogen (secondary N) is 1. The molecule has 0 aliphatic carbocycles. The topological polar surface area (TPSA) is 21.3 Å². The Morgan fingerprint density at radius 2 is 1.75 bits per heavy atom. The van der Waals surface area contributed by atoms with Crippen molar-refractivity contribution in [2.75, 3.05) is 25.6 Å². The van der Waals surface area contributed by atoms with Crippen LogP contribution in [0.4, 0.5) is 5.69 Å². The summed E-state index contributed by atoms with van der Waals surface area (Å²) in [6.07, 6.45) is 0. The van der Waals surface area contributed by atoms with E-state index in [0.717, 1.165) is 13.2 Å². The zero-order valence-corrected chi connectivity index (χ0v) is 10.8. The quantitative estimate of drug-likeness (QED) is 0.793. The van der Waals surface area contributed by atoms with Gasteiger partial charge in [0.1, 0.15) is 0 Å². The van der Waals surface area contributed by atoms with Crippen molar-refractivity contribution in [1.29, 1.82) is 0 Å². The molecule has 0 amide bonds. The molecule has 1 aromatic carbocycles. The lowest BCUT2D eigenvalue weighted by molar-refractivity contribution is 0.164. The molecule has 0 aromatic heterocycles. The van der Waals surface area contributed by atoms with E-state index in [9.17, 15) is 0 Å². The predicted molar refractivity (Wildman–Crippen MR) is 70.1 cm³/mol. The van der Waals surface area contributed by atoms with Crippen molar-refractivity contribution < 1.29 is 4.74 Å². The number of hydrogen-bond acceptors (Lipinski definition) is 2. The van der Waals surface area contributed by atoms with Crippen LogP contribution in [-0.2, 0) is 4.74 Å². The molecule has 2 heteroatoms. The highest BCUT2D eigenvalue weighted by atomic mass is 16.5. The number of rotatable bonds is 6. The zero-order valence-electron chi connectivity index (χ0n) is 10.8. The lowest BCUT2D eigenvalue weighted by atomic mass is 10.0. The monoisotopic (exact) mass is 221 g/mol. The zero-order chi connectivity index (χ0) is 12.0. The van der Waals surface area contributed by atoms with Crippen molar-refractivity contribution in [1.82, 2.24) is 0 Å². The molecule has 0 radical (unpaired) electrons. The van der Waals surface area contributed by atoms with E-state index < -0.39 is 0 Å². The van der Waals surface area contributed by atoms with Crippen LogP contribution in [0.1, 0.15) is 32.3 Å².